The minimum absolute atomic E-state index is 0.171. The first kappa shape index (κ1) is 20.0. The Morgan fingerprint density at radius 2 is 1.00 bits per heavy atom. The van der Waals surface area contributed by atoms with Crippen LogP contribution in [0, 0.1) is 0 Å². The zero-order chi connectivity index (χ0) is 20.7. The van der Waals surface area contributed by atoms with Crippen LogP contribution in [-0.4, -0.2) is 33.3 Å². The van der Waals surface area contributed by atoms with Crippen LogP contribution in [-0.2, 0) is 25.6 Å². The fourth-order valence-electron chi connectivity index (χ4n) is 3.49. The SMILES string of the molecule is O=C1CC(Br)C(=O)N1c1ccc(Cc2ccc(N3C(=O)CC(Br)C3=O)cc2)cc1. The lowest BCUT2D eigenvalue weighted by Gasteiger charge is -2.15. The van der Waals surface area contributed by atoms with Crippen molar-refractivity contribution in [2.75, 3.05) is 9.80 Å². The maximum Gasteiger partial charge on any atom is 0.248 e. The number of carbonyl (C=O) groups excluding carboxylic acids is 4. The van der Waals surface area contributed by atoms with Crippen LogP contribution in [0.25, 0.3) is 0 Å². The molecule has 0 radical (unpaired) electrons. The number of halogens is 2. The highest BCUT2D eigenvalue weighted by Gasteiger charge is 2.38. The van der Waals surface area contributed by atoms with Gasteiger partial charge < -0.3 is 0 Å². The van der Waals surface area contributed by atoms with E-state index in [-0.39, 0.29) is 36.5 Å². The molecule has 2 aromatic carbocycles. The van der Waals surface area contributed by atoms with E-state index in [0.717, 1.165) is 11.1 Å². The van der Waals surface area contributed by atoms with Gasteiger partial charge in [0.2, 0.25) is 23.6 Å². The van der Waals surface area contributed by atoms with Crippen LogP contribution in [0.15, 0.2) is 48.5 Å². The van der Waals surface area contributed by atoms with E-state index in [4.69, 9.17) is 0 Å². The molecule has 2 fully saturated rings. The molecule has 148 valence electrons. The minimum Gasteiger partial charge on any atom is -0.274 e. The summed E-state index contributed by atoms with van der Waals surface area (Å²) in [6.45, 7) is 0. The van der Waals surface area contributed by atoms with Crippen molar-refractivity contribution < 1.29 is 19.2 Å². The number of carbonyl (C=O) groups is 4. The zero-order valence-electron chi connectivity index (χ0n) is 15.2. The normalized spacial score (nSPS) is 22.1. The van der Waals surface area contributed by atoms with Gasteiger partial charge in [-0.1, -0.05) is 56.1 Å². The molecule has 2 unspecified atom stereocenters. The van der Waals surface area contributed by atoms with Gasteiger partial charge in [-0.25, -0.2) is 9.80 Å². The molecule has 4 rings (SSSR count). The molecule has 0 saturated carbocycles. The number of amides is 4. The third-order valence-corrected chi connectivity index (χ3v) is 6.41. The summed E-state index contributed by atoms with van der Waals surface area (Å²) in [5.41, 5.74) is 3.17. The molecule has 2 aliphatic rings. The van der Waals surface area contributed by atoms with E-state index in [2.05, 4.69) is 31.9 Å². The van der Waals surface area contributed by atoms with E-state index in [1.807, 2.05) is 24.3 Å². The van der Waals surface area contributed by atoms with Crippen LogP contribution in [0.1, 0.15) is 24.0 Å². The fourth-order valence-corrected chi connectivity index (χ4v) is 4.46. The Balaban J connectivity index is 1.46. The minimum atomic E-state index is -0.456. The summed E-state index contributed by atoms with van der Waals surface area (Å²) in [6, 6.07) is 14.6. The second-order valence-corrected chi connectivity index (χ2v) is 9.20. The van der Waals surface area contributed by atoms with Gasteiger partial charge >= 0.3 is 0 Å². The first-order valence-electron chi connectivity index (χ1n) is 9.05. The number of imide groups is 2. The van der Waals surface area contributed by atoms with E-state index >= 15 is 0 Å². The molecule has 0 bridgehead atoms. The highest BCUT2D eigenvalue weighted by atomic mass is 79.9. The highest BCUT2D eigenvalue weighted by Crippen LogP contribution is 2.29. The second-order valence-electron chi connectivity index (χ2n) is 6.99. The molecule has 2 aliphatic heterocycles. The van der Waals surface area contributed by atoms with Crippen molar-refractivity contribution in [3.05, 3.63) is 59.7 Å². The first-order chi connectivity index (χ1) is 13.8. The van der Waals surface area contributed by atoms with Gasteiger partial charge in [0.15, 0.2) is 0 Å². The molecule has 0 N–H and O–H groups in total. The highest BCUT2D eigenvalue weighted by molar-refractivity contribution is 9.10. The van der Waals surface area contributed by atoms with E-state index in [1.54, 1.807) is 24.3 Å². The van der Waals surface area contributed by atoms with Crippen molar-refractivity contribution in [3.63, 3.8) is 0 Å². The van der Waals surface area contributed by atoms with Crippen LogP contribution in [0.2, 0.25) is 0 Å². The summed E-state index contributed by atoms with van der Waals surface area (Å²) >= 11 is 6.44. The smallest absolute Gasteiger partial charge is 0.248 e. The molecule has 2 aromatic rings. The van der Waals surface area contributed by atoms with Crippen molar-refractivity contribution in [1.29, 1.82) is 0 Å². The van der Waals surface area contributed by atoms with Gasteiger partial charge in [-0.05, 0) is 41.8 Å². The molecule has 29 heavy (non-hydrogen) atoms. The van der Waals surface area contributed by atoms with Gasteiger partial charge in [0.05, 0.1) is 11.4 Å². The van der Waals surface area contributed by atoms with E-state index in [1.165, 1.54) is 9.80 Å². The van der Waals surface area contributed by atoms with Crippen LogP contribution < -0.4 is 9.80 Å². The van der Waals surface area contributed by atoms with Crippen LogP contribution in [0.5, 0.6) is 0 Å². The average Bonchev–Trinajstić information content (AvgIpc) is 3.10. The van der Waals surface area contributed by atoms with E-state index in [9.17, 15) is 19.2 Å². The Morgan fingerprint density at radius 3 is 1.28 bits per heavy atom. The predicted octanol–water partition coefficient (Wildman–Crippen LogP) is 3.33. The molecule has 0 aliphatic carbocycles. The number of alkyl halides is 2. The van der Waals surface area contributed by atoms with Crippen molar-refractivity contribution in [2.45, 2.75) is 28.9 Å². The molecule has 2 heterocycles. The Labute approximate surface area is 184 Å². The maximum atomic E-state index is 12.1. The fraction of sp³-hybridized carbons (Fsp3) is 0.238. The summed E-state index contributed by atoms with van der Waals surface area (Å²) in [5.74, 6) is -0.904. The number of hydrogen-bond acceptors (Lipinski definition) is 4. The van der Waals surface area contributed by atoms with Gasteiger partial charge in [-0.3, -0.25) is 19.2 Å². The quantitative estimate of drug-likeness (QED) is 0.458. The molecule has 2 atom stereocenters. The average molecular weight is 520 g/mol. The van der Waals surface area contributed by atoms with Gasteiger partial charge in [0, 0.05) is 12.8 Å². The van der Waals surface area contributed by atoms with Gasteiger partial charge in [0.25, 0.3) is 0 Å². The summed E-state index contributed by atoms with van der Waals surface area (Å²) in [4.78, 5) is 49.7. The van der Waals surface area contributed by atoms with Gasteiger partial charge in [-0.2, -0.15) is 0 Å². The van der Waals surface area contributed by atoms with Gasteiger partial charge in [-0.15, -0.1) is 0 Å². The topological polar surface area (TPSA) is 74.8 Å². The summed E-state index contributed by atoms with van der Waals surface area (Å²) in [5, 5.41) is 0. The standard InChI is InChI=1S/C21H16Br2N2O4/c22-16-10-18(26)24(20(16)28)14-5-1-12(2-6-14)9-13-3-7-15(8-4-13)25-19(27)11-17(23)21(25)29/h1-8,16-17H,9-11H2. The Hall–Kier alpha value is -2.32. The van der Waals surface area contributed by atoms with Crippen LogP contribution in [0.3, 0.4) is 0 Å². The Kier molecular flexibility index (Phi) is 5.40. The number of rotatable bonds is 4. The lowest BCUT2D eigenvalue weighted by Crippen LogP contribution is -2.30. The molecular formula is C21H16Br2N2O4. The second kappa shape index (κ2) is 7.84. The molecule has 4 amide bonds. The monoisotopic (exact) mass is 518 g/mol. The lowest BCUT2D eigenvalue weighted by molar-refractivity contribution is -0.122. The molecule has 6 nitrogen and oxygen atoms in total. The molecule has 8 heteroatoms. The summed E-state index contributed by atoms with van der Waals surface area (Å²) in [6.07, 6.45) is 0.988. The van der Waals surface area contributed by atoms with Crippen LogP contribution >= 0.6 is 31.9 Å². The lowest BCUT2D eigenvalue weighted by atomic mass is 10.0. The number of nitrogens with zero attached hydrogens (tertiary/aromatic N) is 2. The van der Waals surface area contributed by atoms with E-state index in [0.29, 0.717) is 17.8 Å². The van der Waals surface area contributed by atoms with Crippen molar-refractivity contribution in [2.24, 2.45) is 0 Å². The van der Waals surface area contributed by atoms with E-state index < -0.39 is 9.65 Å². The first-order valence-corrected chi connectivity index (χ1v) is 10.9. The zero-order valence-corrected chi connectivity index (χ0v) is 18.4. The van der Waals surface area contributed by atoms with Crippen molar-refractivity contribution in [3.8, 4) is 0 Å². The van der Waals surface area contributed by atoms with Crippen LogP contribution in [0.4, 0.5) is 11.4 Å². The molecule has 0 aromatic heterocycles. The molecular weight excluding hydrogens is 504 g/mol. The van der Waals surface area contributed by atoms with Gasteiger partial charge in [0.1, 0.15) is 9.65 Å². The third-order valence-electron chi connectivity index (χ3n) is 4.98. The van der Waals surface area contributed by atoms with Crippen molar-refractivity contribution in [1.82, 2.24) is 0 Å². The summed E-state index contributed by atoms with van der Waals surface area (Å²) < 4.78 is 0. The molecule has 0 spiro atoms. The Morgan fingerprint density at radius 1 is 0.655 bits per heavy atom. The number of hydrogen-bond donors (Lipinski definition) is 0. The number of anilines is 2. The summed E-state index contributed by atoms with van der Waals surface area (Å²) in [7, 11) is 0. The largest absolute Gasteiger partial charge is 0.274 e. The maximum absolute atomic E-state index is 12.1. The predicted molar refractivity (Wildman–Crippen MR) is 115 cm³/mol. The Bertz CT molecular complexity index is 923. The number of benzene rings is 2. The van der Waals surface area contributed by atoms with Crippen molar-refractivity contribution >= 4 is 66.9 Å². The third kappa shape index (κ3) is 3.79. The molecule has 2 saturated heterocycles.